The number of aryl methyl sites for hydroxylation is 1. The number of carbonyl (C=O) groups is 2. The van der Waals surface area contributed by atoms with Gasteiger partial charge in [-0.3, -0.25) is 4.79 Å². The molecule has 0 aliphatic carbocycles. The van der Waals surface area contributed by atoms with Crippen molar-refractivity contribution in [2.75, 3.05) is 5.32 Å². The fourth-order valence-corrected chi connectivity index (χ4v) is 3.30. The van der Waals surface area contributed by atoms with E-state index in [9.17, 15) is 14.7 Å². The van der Waals surface area contributed by atoms with Crippen LogP contribution >= 0.6 is 11.3 Å². The molecule has 122 valence electrons. The van der Waals surface area contributed by atoms with Crippen molar-refractivity contribution in [3.8, 4) is 0 Å². The molecule has 0 atom stereocenters. The fraction of sp³-hybridized carbons (Fsp3) is 0.333. The number of carboxylic acids is 1. The maximum absolute atomic E-state index is 12.4. The van der Waals surface area contributed by atoms with Gasteiger partial charge < -0.3 is 15.2 Å². The number of carboxylic acid groups (broad SMARTS) is 1. The standard InChI is InChI=1S/C18H21NO3S/c1-10-11(2)23-16(14(10)17(21)22)19-15(20)12-6-8-13(9-7-12)18(3,4)5/h6-9H,1-5H3,(H,19,20)(H,21,22)/p-1. The number of anilines is 1. The third kappa shape index (κ3) is 3.62. The van der Waals surface area contributed by atoms with E-state index in [1.54, 1.807) is 19.1 Å². The minimum Gasteiger partial charge on any atom is -0.545 e. The summed E-state index contributed by atoms with van der Waals surface area (Å²) in [6.07, 6.45) is 0. The molecule has 1 amide bonds. The Labute approximate surface area is 140 Å². The van der Waals surface area contributed by atoms with Crippen LogP contribution in [0, 0.1) is 13.8 Å². The van der Waals surface area contributed by atoms with Crippen LogP contribution in [0.2, 0.25) is 0 Å². The maximum atomic E-state index is 12.4. The summed E-state index contributed by atoms with van der Waals surface area (Å²) in [5.74, 6) is -1.60. The molecule has 0 bridgehead atoms. The van der Waals surface area contributed by atoms with Crippen molar-refractivity contribution in [1.29, 1.82) is 0 Å². The van der Waals surface area contributed by atoms with Crippen LogP contribution in [0.5, 0.6) is 0 Å². The van der Waals surface area contributed by atoms with Crippen LogP contribution < -0.4 is 10.4 Å². The lowest BCUT2D eigenvalue weighted by Crippen LogP contribution is -2.24. The van der Waals surface area contributed by atoms with E-state index in [4.69, 9.17) is 0 Å². The minimum atomic E-state index is -1.27. The van der Waals surface area contributed by atoms with E-state index >= 15 is 0 Å². The van der Waals surface area contributed by atoms with Crippen molar-refractivity contribution < 1.29 is 14.7 Å². The van der Waals surface area contributed by atoms with Crippen molar-refractivity contribution in [3.05, 3.63) is 51.4 Å². The normalized spacial score (nSPS) is 11.3. The highest BCUT2D eigenvalue weighted by Crippen LogP contribution is 2.32. The lowest BCUT2D eigenvalue weighted by Gasteiger charge is -2.19. The molecule has 0 aliphatic heterocycles. The van der Waals surface area contributed by atoms with E-state index in [0.29, 0.717) is 16.1 Å². The van der Waals surface area contributed by atoms with Crippen LogP contribution in [0.15, 0.2) is 24.3 Å². The van der Waals surface area contributed by atoms with Crippen molar-refractivity contribution >= 4 is 28.2 Å². The van der Waals surface area contributed by atoms with E-state index in [2.05, 4.69) is 26.1 Å². The summed E-state index contributed by atoms with van der Waals surface area (Å²) in [5.41, 5.74) is 2.33. The molecule has 0 unspecified atom stereocenters. The molecule has 0 aliphatic rings. The first kappa shape index (κ1) is 17.2. The predicted octanol–water partition coefficient (Wildman–Crippen LogP) is 3.28. The van der Waals surface area contributed by atoms with Gasteiger partial charge in [-0.05, 0) is 42.5 Å². The van der Waals surface area contributed by atoms with Gasteiger partial charge in [0.05, 0.1) is 5.97 Å². The summed E-state index contributed by atoms with van der Waals surface area (Å²) in [4.78, 5) is 24.5. The number of benzene rings is 1. The Morgan fingerprint density at radius 2 is 1.65 bits per heavy atom. The minimum absolute atomic E-state index is 0.0130. The smallest absolute Gasteiger partial charge is 0.256 e. The molecule has 0 spiro atoms. The van der Waals surface area contributed by atoms with Gasteiger partial charge in [0.25, 0.3) is 5.91 Å². The second kappa shape index (κ2) is 6.16. The predicted molar refractivity (Wildman–Crippen MR) is 91.2 cm³/mol. The van der Waals surface area contributed by atoms with Gasteiger partial charge in [-0.2, -0.15) is 0 Å². The van der Waals surface area contributed by atoms with Gasteiger partial charge in [-0.25, -0.2) is 0 Å². The molecule has 23 heavy (non-hydrogen) atoms. The summed E-state index contributed by atoms with van der Waals surface area (Å²) >= 11 is 1.25. The molecule has 0 saturated heterocycles. The van der Waals surface area contributed by atoms with Crippen LogP contribution in [0.3, 0.4) is 0 Å². The van der Waals surface area contributed by atoms with Crippen LogP contribution in [-0.4, -0.2) is 11.9 Å². The molecule has 1 heterocycles. The molecule has 5 heteroatoms. The Balaban J connectivity index is 2.26. The Morgan fingerprint density at radius 3 is 2.13 bits per heavy atom. The van der Waals surface area contributed by atoms with Crippen LogP contribution in [0.25, 0.3) is 0 Å². The third-order valence-electron chi connectivity index (χ3n) is 3.83. The van der Waals surface area contributed by atoms with Crippen LogP contribution in [0.4, 0.5) is 5.00 Å². The van der Waals surface area contributed by atoms with Crippen molar-refractivity contribution in [3.63, 3.8) is 0 Å². The van der Waals surface area contributed by atoms with Gasteiger partial charge in [0.2, 0.25) is 0 Å². The third-order valence-corrected chi connectivity index (χ3v) is 4.95. The van der Waals surface area contributed by atoms with Crippen molar-refractivity contribution in [1.82, 2.24) is 0 Å². The van der Waals surface area contributed by atoms with Gasteiger partial charge >= 0.3 is 0 Å². The highest BCUT2D eigenvalue weighted by molar-refractivity contribution is 7.16. The molecule has 4 nitrogen and oxygen atoms in total. The average Bonchev–Trinajstić information content (AvgIpc) is 2.73. The van der Waals surface area contributed by atoms with E-state index in [-0.39, 0.29) is 16.9 Å². The van der Waals surface area contributed by atoms with Gasteiger partial charge in [0.1, 0.15) is 5.00 Å². The zero-order valence-corrected chi connectivity index (χ0v) is 14.8. The summed E-state index contributed by atoms with van der Waals surface area (Å²) in [6.45, 7) is 9.84. The largest absolute Gasteiger partial charge is 0.545 e. The van der Waals surface area contributed by atoms with Gasteiger partial charge in [0.15, 0.2) is 0 Å². The number of amides is 1. The van der Waals surface area contributed by atoms with Crippen LogP contribution in [-0.2, 0) is 5.41 Å². The van der Waals surface area contributed by atoms with Gasteiger partial charge in [-0.15, -0.1) is 11.3 Å². The average molecular weight is 330 g/mol. The topological polar surface area (TPSA) is 69.2 Å². The van der Waals surface area contributed by atoms with E-state index < -0.39 is 5.97 Å². The van der Waals surface area contributed by atoms with E-state index in [1.165, 1.54) is 11.3 Å². The highest BCUT2D eigenvalue weighted by atomic mass is 32.1. The SMILES string of the molecule is Cc1sc(NC(=O)c2ccc(C(C)(C)C)cc2)c(C(=O)[O-])c1C. The Hall–Kier alpha value is -2.14. The maximum Gasteiger partial charge on any atom is 0.256 e. The molecule has 1 N–H and O–H groups in total. The number of nitrogens with one attached hydrogen (secondary N) is 1. The summed E-state index contributed by atoms with van der Waals surface area (Å²) < 4.78 is 0. The highest BCUT2D eigenvalue weighted by Gasteiger charge is 2.18. The summed E-state index contributed by atoms with van der Waals surface area (Å²) in [7, 11) is 0. The zero-order valence-electron chi connectivity index (χ0n) is 13.9. The Kier molecular flexibility index (Phi) is 4.61. The first-order valence-corrected chi connectivity index (χ1v) is 8.16. The zero-order chi connectivity index (χ0) is 17.4. The molecular formula is C18H20NO3S-. The number of thiophene rings is 1. The molecule has 1 aromatic heterocycles. The quantitative estimate of drug-likeness (QED) is 0.939. The number of hydrogen-bond donors (Lipinski definition) is 1. The first-order chi connectivity index (χ1) is 10.6. The molecule has 2 rings (SSSR count). The van der Waals surface area contributed by atoms with E-state index in [0.717, 1.165) is 10.4 Å². The molecular weight excluding hydrogens is 310 g/mol. The number of rotatable bonds is 3. The Morgan fingerprint density at radius 1 is 1.09 bits per heavy atom. The first-order valence-electron chi connectivity index (χ1n) is 7.34. The second-order valence-corrected chi connectivity index (χ2v) is 7.78. The number of hydrogen-bond acceptors (Lipinski definition) is 4. The van der Waals surface area contributed by atoms with Crippen LogP contribution in [0.1, 0.15) is 57.5 Å². The summed E-state index contributed by atoms with van der Waals surface area (Å²) in [6, 6.07) is 7.34. The summed E-state index contributed by atoms with van der Waals surface area (Å²) in [5, 5.41) is 14.3. The Bertz CT molecular complexity index is 752. The lowest BCUT2D eigenvalue weighted by molar-refractivity contribution is -0.254. The number of carbonyl (C=O) groups excluding carboxylic acids is 2. The monoisotopic (exact) mass is 330 g/mol. The van der Waals surface area contributed by atoms with Crippen molar-refractivity contribution in [2.45, 2.75) is 40.0 Å². The lowest BCUT2D eigenvalue weighted by atomic mass is 9.87. The second-order valence-electron chi connectivity index (χ2n) is 6.56. The van der Waals surface area contributed by atoms with Gasteiger partial charge in [-0.1, -0.05) is 32.9 Å². The molecule has 0 fully saturated rings. The number of aromatic carboxylic acids is 1. The van der Waals surface area contributed by atoms with Crippen molar-refractivity contribution in [2.24, 2.45) is 0 Å². The molecule has 2 aromatic rings. The molecule has 0 radical (unpaired) electrons. The van der Waals surface area contributed by atoms with E-state index in [1.807, 2.05) is 19.1 Å². The molecule has 0 saturated carbocycles. The molecule has 1 aromatic carbocycles. The van der Waals surface area contributed by atoms with Gasteiger partial charge in [0, 0.05) is 16.0 Å². The fourth-order valence-electron chi connectivity index (χ4n) is 2.26.